The zero-order valence-electron chi connectivity index (χ0n) is 10.7. The molecule has 0 spiro atoms. The number of hydrogen-bond acceptors (Lipinski definition) is 2. The lowest BCUT2D eigenvalue weighted by molar-refractivity contribution is -0.128. The van der Waals surface area contributed by atoms with Crippen molar-refractivity contribution >= 4 is 21.8 Å². The molecule has 1 aromatic rings. The molecule has 4 heteroatoms. The van der Waals surface area contributed by atoms with Gasteiger partial charge in [0.05, 0.1) is 0 Å². The summed E-state index contributed by atoms with van der Waals surface area (Å²) in [6.45, 7) is 6.41. The van der Waals surface area contributed by atoms with Crippen LogP contribution in [0.15, 0.2) is 28.7 Å². The van der Waals surface area contributed by atoms with Gasteiger partial charge in [0.25, 0.3) is 0 Å². The summed E-state index contributed by atoms with van der Waals surface area (Å²) in [6, 6.07) is 8.46. The highest BCUT2D eigenvalue weighted by Crippen LogP contribution is 2.13. The quantitative estimate of drug-likeness (QED) is 0.838. The molecule has 98 valence electrons. The highest BCUT2D eigenvalue weighted by molar-refractivity contribution is 9.10. The largest absolute Gasteiger partial charge is 0.342 e. The van der Waals surface area contributed by atoms with Crippen LogP contribution in [0.4, 0.5) is 0 Å². The van der Waals surface area contributed by atoms with Crippen LogP contribution in [0.25, 0.3) is 0 Å². The summed E-state index contributed by atoms with van der Waals surface area (Å²) in [6.07, 6.45) is 1.07. The normalized spacial score (nSPS) is 17.6. The number of rotatable bonds is 2. The van der Waals surface area contributed by atoms with Gasteiger partial charge in [-0.2, -0.15) is 0 Å². The van der Waals surface area contributed by atoms with Crippen molar-refractivity contribution in [1.82, 2.24) is 9.80 Å². The Balaban J connectivity index is 1.90. The first kappa shape index (κ1) is 13.6. The third-order valence-electron chi connectivity index (χ3n) is 3.35. The third kappa shape index (κ3) is 3.82. The smallest absolute Gasteiger partial charge is 0.219 e. The number of carbonyl (C=O) groups excluding carboxylic acids is 1. The maximum Gasteiger partial charge on any atom is 0.219 e. The van der Waals surface area contributed by atoms with Crippen LogP contribution in [0.3, 0.4) is 0 Å². The second-order valence-electron chi connectivity index (χ2n) is 4.76. The van der Waals surface area contributed by atoms with Crippen LogP contribution in [0.1, 0.15) is 18.9 Å². The molecule has 1 fully saturated rings. The first-order valence-electron chi connectivity index (χ1n) is 6.37. The number of carbonyl (C=O) groups is 1. The minimum absolute atomic E-state index is 0.195. The van der Waals surface area contributed by atoms with Crippen LogP contribution >= 0.6 is 15.9 Å². The summed E-state index contributed by atoms with van der Waals surface area (Å²) in [5.41, 5.74) is 1.33. The molecule has 2 rings (SSSR count). The average Bonchev–Trinajstić information content (AvgIpc) is 2.58. The molecule has 1 heterocycles. The van der Waals surface area contributed by atoms with Crippen LogP contribution in [-0.2, 0) is 11.3 Å². The van der Waals surface area contributed by atoms with Crippen LogP contribution in [0.2, 0.25) is 0 Å². The van der Waals surface area contributed by atoms with Crippen molar-refractivity contribution < 1.29 is 4.79 Å². The molecule has 0 bridgehead atoms. The molecular weight excluding hydrogens is 292 g/mol. The molecule has 0 unspecified atom stereocenters. The summed E-state index contributed by atoms with van der Waals surface area (Å²) < 4.78 is 1.12. The molecule has 0 aliphatic carbocycles. The maximum absolute atomic E-state index is 11.4. The van der Waals surface area contributed by atoms with Crippen LogP contribution < -0.4 is 0 Å². The molecule has 18 heavy (non-hydrogen) atoms. The van der Waals surface area contributed by atoms with Crippen molar-refractivity contribution in [3.8, 4) is 0 Å². The monoisotopic (exact) mass is 310 g/mol. The molecule has 0 saturated carbocycles. The van der Waals surface area contributed by atoms with E-state index in [9.17, 15) is 4.79 Å². The first-order valence-corrected chi connectivity index (χ1v) is 7.17. The van der Waals surface area contributed by atoms with Crippen molar-refractivity contribution in [3.63, 3.8) is 0 Å². The van der Waals surface area contributed by atoms with Gasteiger partial charge in [-0.05, 0) is 24.1 Å². The molecule has 0 N–H and O–H groups in total. The Morgan fingerprint density at radius 1 is 1.17 bits per heavy atom. The topological polar surface area (TPSA) is 23.6 Å². The van der Waals surface area contributed by atoms with Crippen LogP contribution in [0.5, 0.6) is 0 Å². The fourth-order valence-electron chi connectivity index (χ4n) is 2.29. The second-order valence-corrected chi connectivity index (χ2v) is 5.68. The third-order valence-corrected chi connectivity index (χ3v) is 3.88. The lowest BCUT2D eigenvalue weighted by Crippen LogP contribution is -2.33. The molecule has 1 amide bonds. The lowest BCUT2D eigenvalue weighted by atomic mass is 10.2. The zero-order chi connectivity index (χ0) is 13.0. The summed E-state index contributed by atoms with van der Waals surface area (Å²) in [4.78, 5) is 15.7. The molecule has 1 aromatic carbocycles. The number of nitrogens with zero attached hydrogens (tertiary/aromatic N) is 2. The minimum Gasteiger partial charge on any atom is -0.342 e. The Labute approximate surface area is 117 Å². The van der Waals surface area contributed by atoms with Crippen LogP contribution in [0, 0.1) is 0 Å². The van der Waals surface area contributed by atoms with E-state index in [1.54, 1.807) is 6.92 Å². The summed E-state index contributed by atoms with van der Waals surface area (Å²) in [7, 11) is 0. The average molecular weight is 311 g/mol. The maximum atomic E-state index is 11.4. The molecule has 0 radical (unpaired) electrons. The second kappa shape index (κ2) is 6.34. The van der Waals surface area contributed by atoms with E-state index in [0.29, 0.717) is 0 Å². The molecule has 3 nitrogen and oxygen atoms in total. The first-order chi connectivity index (χ1) is 8.65. The van der Waals surface area contributed by atoms with E-state index in [4.69, 9.17) is 0 Å². The number of hydrogen-bond donors (Lipinski definition) is 0. The Bertz CT molecular complexity index is 405. The van der Waals surface area contributed by atoms with Gasteiger partial charge in [0.15, 0.2) is 0 Å². The SMILES string of the molecule is CC(=O)N1CCCN(Cc2ccc(Br)cc2)CC1. The van der Waals surface area contributed by atoms with Gasteiger partial charge in [0, 0.05) is 44.1 Å². The zero-order valence-corrected chi connectivity index (χ0v) is 12.3. The molecular formula is C14H19BrN2O. The van der Waals surface area contributed by atoms with Crippen molar-refractivity contribution in [3.05, 3.63) is 34.3 Å². The molecule has 1 aliphatic rings. The van der Waals surface area contributed by atoms with Gasteiger partial charge < -0.3 is 4.90 Å². The van der Waals surface area contributed by atoms with Gasteiger partial charge in [0.2, 0.25) is 5.91 Å². The predicted molar refractivity (Wildman–Crippen MR) is 76.3 cm³/mol. The number of amides is 1. The van der Waals surface area contributed by atoms with Gasteiger partial charge in [-0.25, -0.2) is 0 Å². The standard InChI is InChI=1S/C14H19BrN2O/c1-12(18)17-8-2-7-16(9-10-17)11-13-3-5-14(15)6-4-13/h3-6H,2,7-11H2,1H3. The van der Waals surface area contributed by atoms with E-state index >= 15 is 0 Å². The number of benzene rings is 1. The minimum atomic E-state index is 0.195. The van der Waals surface area contributed by atoms with Gasteiger partial charge in [-0.3, -0.25) is 9.69 Å². The van der Waals surface area contributed by atoms with E-state index in [1.807, 2.05) is 4.90 Å². The lowest BCUT2D eigenvalue weighted by Gasteiger charge is -2.21. The van der Waals surface area contributed by atoms with Crippen molar-refractivity contribution in [2.45, 2.75) is 19.9 Å². The Morgan fingerprint density at radius 3 is 2.56 bits per heavy atom. The molecule has 1 saturated heterocycles. The predicted octanol–water partition coefficient (Wildman–Crippen LogP) is 2.50. The summed E-state index contributed by atoms with van der Waals surface area (Å²) >= 11 is 3.45. The fourth-order valence-corrected chi connectivity index (χ4v) is 2.56. The van der Waals surface area contributed by atoms with E-state index in [1.165, 1.54) is 5.56 Å². The van der Waals surface area contributed by atoms with Crippen molar-refractivity contribution in [2.75, 3.05) is 26.2 Å². The van der Waals surface area contributed by atoms with E-state index in [2.05, 4.69) is 45.1 Å². The van der Waals surface area contributed by atoms with Gasteiger partial charge in [-0.15, -0.1) is 0 Å². The van der Waals surface area contributed by atoms with E-state index in [0.717, 1.165) is 43.6 Å². The summed E-state index contributed by atoms with van der Waals surface area (Å²) in [5.74, 6) is 0.195. The van der Waals surface area contributed by atoms with Crippen LogP contribution in [-0.4, -0.2) is 41.9 Å². The molecule has 1 aliphatic heterocycles. The fraction of sp³-hybridized carbons (Fsp3) is 0.500. The van der Waals surface area contributed by atoms with Crippen molar-refractivity contribution in [1.29, 1.82) is 0 Å². The Morgan fingerprint density at radius 2 is 1.89 bits per heavy atom. The van der Waals surface area contributed by atoms with Crippen molar-refractivity contribution in [2.24, 2.45) is 0 Å². The highest BCUT2D eigenvalue weighted by Gasteiger charge is 2.16. The van der Waals surface area contributed by atoms with E-state index < -0.39 is 0 Å². The van der Waals surface area contributed by atoms with Gasteiger partial charge >= 0.3 is 0 Å². The Kier molecular flexibility index (Phi) is 4.78. The van der Waals surface area contributed by atoms with Gasteiger partial charge in [-0.1, -0.05) is 28.1 Å². The van der Waals surface area contributed by atoms with E-state index in [-0.39, 0.29) is 5.91 Å². The number of halogens is 1. The van der Waals surface area contributed by atoms with Gasteiger partial charge in [0.1, 0.15) is 0 Å². The molecule has 0 aromatic heterocycles. The highest BCUT2D eigenvalue weighted by atomic mass is 79.9. The molecule has 0 atom stereocenters. The summed E-state index contributed by atoms with van der Waals surface area (Å²) in [5, 5.41) is 0. The Hall–Kier alpha value is -0.870.